The molecule has 0 aliphatic heterocycles. The minimum absolute atomic E-state index is 0.0393. The van der Waals surface area contributed by atoms with E-state index >= 15 is 0 Å². The molecule has 0 spiro atoms. The first-order valence-electron chi connectivity index (χ1n) is 12.9. The molecule has 17 heteroatoms. The van der Waals surface area contributed by atoms with Crippen LogP contribution < -0.4 is 10.6 Å². The monoisotopic (exact) mass is 688 g/mol. The molecule has 0 unspecified atom stereocenters. The normalized spacial score (nSPS) is 12.5. The molecule has 0 fully saturated rings. The predicted molar refractivity (Wildman–Crippen MR) is 168 cm³/mol. The molecule has 3 rings (SSSR count). The van der Waals surface area contributed by atoms with E-state index in [-0.39, 0.29) is 48.9 Å². The summed E-state index contributed by atoms with van der Waals surface area (Å²) in [5, 5.41) is 38.4. The Morgan fingerprint density at radius 1 is 0.630 bits per heavy atom. The predicted octanol–water partition coefficient (Wildman–Crippen LogP) is 6.71. The number of benzene rings is 3. The number of halogens is 3. The number of anilines is 2. The van der Waals surface area contributed by atoms with E-state index in [4.69, 9.17) is 34.8 Å². The fourth-order valence-corrected chi connectivity index (χ4v) is 4.16. The summed E-state index contributed by atoms with van der Waals surface area (Å²) in [6.07, 6.45) is 0. The van der Waals surface area contributed by atoms with Crippen molar-refractivity contribution < 1.29 is 39.0 Å². The summed E-state index contributed by atoms with van der Waals surface area (Å²) in [5.74, 6) is -5.66. The molecule has 0 saturated heterocycles. The van der Waals surface area contributed by atoms with Crippen molar-refractivity contribution in [2.45, 2.75) is 32.9 Å². The van der Waals surface area contributed by atoms with Crippen LogP contribution in [0.25, 0.3) is 0 Å². The first-order valence-corrected chi connectivity index (χ1v) is 14.0. The van der Waals surface area contributed by atoms with Gasteiger partial charge < -0.3 is 20.8 Å². The third-order valence-corrected chi connectivity index (χ3v) is 7.00. The highest BCUT2D eigenvalue weighted by Gasteiger charge is 2.26. The molecule has 3 aromatic carbocycles. The standard InChI is InChI=1S/C29H23Cl3N6O8/c1-12-8-21(34-27(42)25(14(3)40)38-36-23-10-16(29(45)46)5-7-18(23)31)19(32)11-20(12)33-26(41)24(13(2)39)37-35-22-9-15(28(43)44)4-6-17(22)30/h4-11,24-25H,1-3H3,(H,33,41)(H,34,42)(H,43,44)(H,45,46)/t24-,25+/m1/s1. The van der Waals surface area contributed by atoms with Crippen LogP contribution in [-0.4, -0.2) is 57.6 Å². The molecular weight excluding hydrogens is 667 g/mol. The van der Waals surface area contributed by atoms with Gasteiger partial charge in [-0.15, -0.1) is 0 Å². The molecule has 0 radical (unpaired) electrons. The van der Waals surface area contributed by atoms with Crippen LogP contribution in [0.15, 0.2) is 69.0 Å². The number of rotatable bonds is 12. The van der Waals surface area contributed by atoms with Gasteiger partial charge in [0.15, 0.2) is 11.6 Å². The Bertz CT molecular complexity index is 1700. The minimum Gasteiger partial charge on any atom is -0.478 e. The highest BCUT2D eigenvalue weighted by atomic mass is 35.5. The average Bonchev–Trinajstić information content (AvgIpc) is 2.97. The van der Waals surface area contributed by atoms with Crippen LogP contribution in [0.4, 0.5) is 22.7 Å². The largest absolute Gasteiger partial charge is 0.478 e. The number of hydrogen-bond donors (Lipinski definition) is 4. The summed E-state index contributed by atoms with van der Waals surface area (Å²) in [6.45, 7) is 3.77. The first-order chi connectivity index (χ1) is 21.6. The number of carbonyl (C=O) groups excluding carboxylic acids is 4. The SMILES string of the molecule is CC(=O)[C@@H](N=Nc1cc(C(=O)O)ccc1Cl)C(=O)Nc1cc(Cl)c(NC(=O)[C@@H](N=Nc2cc(C(=O)O)ccc2Cl)C(C)=O)cc1C. The van der Waals surface area contributed by atoms with E-state index in [0.29, 0.717) is 5.56 Å². The molecule has 0 aromatic heterocycles. The molecule has 0 heterocycles. The van der Waals surface area contributed by atoms with Crippen LogP contribution in [0.3, 0.4) is 0 Å². The highest BCUT2D eigenvalue weighted by Crippen LogP contribution is 2.31. The number of ketones is 2. The number of aryl methyl sites for hydroxylation is 1. The zero-order valence-corrected chi connectivity index (χ0v) is 26.3. The van der Waals surface area contributed by atoms with Gasteiger partial charge in [-0.25, -0.2) is 9.59 Å². The molecule has 3 aromatic rings. The van der Waals surface area contributed by atoms with E-state index < -0.39 is 47.4 Å². The van der Waals surface area contributed by atoms with Gasteiger partial charge in [0, 0.05) is 5.69 Å². The topological polar surface area (TPSA) is 216 Å². The quantitative estimate of drug-likeness (QED) is 0.118. The summed E-state index contributed by atoms with van der Waals surface area (Å²) >= 11 is 18.4. The van der Waals surface area contributed by atoms with Crippen molar-refractivity contribution >= 4 is 92.9 Å². The molecule has 0 saturated carbocycles. The molecule has 0 aliphatic rings. The Morgan fingerprint density at radius 2 is 1.04 bits per heavy atom. The van der Waals surface area contributed by atoms with Gasteiger partial charge in [0.25, 0.3) is 11.8 Å². The summed E-state index contributed by atoms with van der Waals surface area (Å²) in [6, 6.07) is 6.71. The summed E-state index contributed by atoms with van der Waals surface area (Å²) in [5.41, 5.74) is 0.163. The van der Waals surface area contributed by atoms with E-state index in [1.165, 1.54) is 36.4 Å². The Balaban J connectivity index is 1.79. The number of nitrogens with one attached hydrogen (secondary N) is 2. The van der Waals surface area contributed by atoms with E-state index in [2.05, 4.69) is 31.1 Å². The van der Waals surface area contributed by atoms with Crippen molar-refractivity contribution in [3.05, 3.63) is 80.3 Å². The maximum absolute atomic E-state index is 13.0. The zero-order chi connectivity index (χ0) is 34.3. The van der Waals surface area contributed by atoms with Gasteiger partial charge in [0.1, 0.15) is 11.4 Å². The Labute approximate surface area is 275 Å². The molecule has 238 valence electrons. The lowest BCUT2D eigenvalue weighted by molar-refractivity contribution is -0.127. The van der Waals surface area contributed by atoms with Gasteiger partial charge in [-0.1, -0.05) is 34.8 Å². The molecule has 0 bridgehead atoms. The fraction of sp³-hybridized carbons (Fsp3) is 0.172. The van der Waals surface area contributed by atoms with Gasteiger partial charge in [0.2, 0.25) is 12.1 Å². The lowest BCUT2D eigenvalue weighted by Crippen LogP contribution is -2.32. The zero-order valence-electron chi connectivity index (χ0n) is 24.0. The summed E-state index contributed by atoms with van der Waals surface area (Å²) in [7, 11) is 0. The van der Waals surface area contributed by atoms with E-state index in [0.717, 1.165) is 26.0 Å². The lowest BCUT2D eigenvalue weighted by atomic mass is 10.1. The molecule has 2 atom stereocenters. The van der Waals surface area contributed by atoms with E-state index in [1.807, 2.05) is 0 Å². The van der Waals surface area contributed by atoms with Gasteiger partial charge in [-0.2, -0.15) is 20.5 Å². The second-order valence-corrected chi connectivity index (χ2v) is 10.7. The van der Waals surface area contributed by atoms with E-state index in [9.17, 15) is 39.0 Å². The van der Waals surface area contributed by atoms with Crippen LogP contribution >= 0.6 is 34.8 Å². The number of Topliss-reactive ketones (excluding diaryl/α,β-unsaturated/α-hetero) is 2. The number of hydrogen-bond acceptors (Lipinski definition) is 10. The number of carboxylic acids is 2. The second-order valence-electron chi connectivity index (χ2n) is 9.53. The van der Waals surface area contributed by atoms with Crippen molar-refractivity contribution in [1.82, 2.24) is 0 Å². The summed E-state index contributed by atoms with van der Waals surface area (Å²) in [4.78, 5) is 72.8. The van der Waals surface area contributed by atoms with Crippen LogP contribution in [0, 0.1) is 6.92 Å². The van der Waals surface area contributed by atoms with Crippen LogP contribution in [0.1, 0.15) is 40.1 Å². The van der Waals surface area contributed by atoms with Crippen molar-refractivity contribution in [1.29, 1.82) is 0 Å². The number of aromatic carboxylic acids is 2. The van der Waals surface area contributed by atoms with Crippen LogP contribution in [0.5, 0.6) is 0 Å². The maximum Gasteiger partial charge on any atom is 0.335 e. The average molecular weight is 690 g/mol. The first kappa shape index (κ1) is 35.4. The minimum atomic E-state index is -1.65. The molecule has 4 N–H and O–H groups in total. The van der Waals surface area contributed by atoms with Gasteiger partial charge >= 0.3 is 11.9 Å². The van der Waals surface area contributed by atoms with E-state index in [1.54, 1.807) is 6.92 Å². The lowest BCUT2D eigenvalue weighted by Gasteiger charge is -2.15. The number of carboxylic acid groups (broad SMARTS) is 2. The van der Waals surface area contributed by atoms with Crippen molar-refractivity contribution in [3.63, 3.8) is 0 Å². The molecule has 0 aliphatic carbocycles. The Morgan fingerprint density at radius 3 is 1.43 bits per heavy atom. The van der Waals surface area contributed by atoms with Gasteiger partial charge in [-0.3, -0.25) is 19.2 Å². The third kappa shape index (κ3) is 9.00. The third-order valence-electron chi connectivity index (χ3n) is 6.04. The number of nitrogens with zero attached hydrogens (tertiary/aromatic N) is 4. The molecule has 14 nitrogen and oxygen atoms in total. The number of azo groups is 2. The molecular formula is C29H23Cl3N6O8. The number of carbonyl (C=O) groups is 6. The van der Waals surface area contributed by atoms with Crippen molar-refractivity contribution in [2.75, 3.05) is 10.6 Å². The fourth-order valence-electron chi connectivity index (χ4n) is 3.64. The summed E-state index contributed by atoms with van der Waals surface area (Å²) < 4.78 is 0. The Hall–Kier alpha value is -5.05. The van der Waals surface area contributed by atoms with Gasteiger partial charge in [-0.05, 0) is 74.9 Å². The van der Waals surface area contributed by atoms with Crippen molar-refractivity contribution in [3.8, 4) is 0 Å². The highest BCUT2D eigenvalue weighted by molar-refractivity contribution is 6.34. The maximum atomic E-state index is 13.0. The smallest absolute Gasteiger partial charge is 0.335 e. The Kier molecular flexibility index (Phi) is 11.8. The number of amides is 2. The van der Waals surface area contributed by atoms with Crippen molar-refractivity contribution in [2.24, 2.45) is 20.5 Å². The molecule has 2 amide bonds. The van der Waals surface area contributed by atoms with Crippen LogP contribution in [-0.2, 0) is 19.2 Å². The second kappa shape index (κ2) is 15.3. The molecule has 46 heavy (non-hydrogen) atoms. The van der Waals surface area contributed by atoms with Gasteiger partial charge in [0.05, 0.1) is 31.9 Å². The van der Waals surface area contributed by atoms with Crippen LogP contribution in [0.2, 0.25) is 15.1 Å².